The van der Waals surface area contributed by atoms with Crippen molar-refractivity contribution >= 4 is 5.71 Å². The molecule has 4 fully saturated rings. The third-order valence-electron chi connectivity index (χ3n) is 8.47. The van der Waals surface area contributed by atoms with Gasteiger partial charge in [-0.15, -0.1) is 0 Å². The van der Waals surface area contributed by atoms with Crippen LogP contribution in [-0.4, -0.2) is 16.9 Å². The maximum absolute atomic E-state index is 10.5. The summed E-state index contributed by atoms with van der Waals surface area (Å²) < 4.78 is 0. The van der Waals surface area contributed by atoms with Crippen LogP contribution in [-0.2, 0) is 0 Å². The first kappa shape index (κ1) is 14.2. The molecule has 118 valence electrons. The van der Waals surface area contributed by atoms with Crippen molar-refractivity contribution in [3.8, 4) is 0 Å². The van der Waals surface area contributed by atoms with Crippen LogP contribution in [0.15, 0.2) is 0 Å². The van der Waals surface area contributed by atoms with Gasteiger partial charge in [-0.2, -0.15) is 0 Å². The lowest BCUT2D eigenvalue weighted by Crippen LogP contribution is -2.54. The summed E-state index contributed by atoms with van der Waals surface area (Å²) in [6, 6.07) is 0. The van der Waals surface area contributed by atoms with Gasteiger partial charge in [0, 0.05) is 5.71 Å². The summed E-state index contributed by atoms with van der Waals surface area (Å²) in [5.41, 5.74) is 1.71. The van der Waals surface area contributed by atoms with E-state index in [0.717, 1.165) is 48.6 Å². The maximum atomic E-state index is 10.5. The zero-order chi connectivity index (χ0) is 14.8. The van der Waals surface area contributed by atoms with Crippen molar-refractivity contribution in [2.75, 3.05) is 0 Å². The van der Waals surface area contributed by atoms with Crippen molar-refractivity contribution in [2.24, 2.45) is 34.5 Å². The Labute approximate surface area is 129 Å². The molecule has 0 saturated heterocycles. The van der Waals surface area contributed by atoms with Crippen LogP contribution in [0.4, 0.5) is 0 Å². The molecule has 4 rings (SSSR count). The van der Waals surface area contributed by atoms with E-state index in [1.54, 1.807) is 0 Å². The van der Waals surface area contributed by atoms with Crippen LogP contribution in [0.1, 0.15) is 71.6 Å². The Morgan fingerprint density at radius 3 is 2.52 bits per heavy atom. The Hall–Kier alpha value is -0.370. The van der Waals surface area contributed by atoms with Gasteiger partial charge < -0.3 is 10.5 Å². The van der Waals surface area contributed by atoms with Crippen LogP contribution in [0.3, 0.4) is 0 Å². The van der Waals surface area contributed by atoms with Crippen molar-refractivity contribution in [1.82, 2.24) is 0 Å². The van der Waals surface area contributed by atoms with Gasteiger partial charge in [0.25, 0.3) is 0 Å². The fraction of sp³-hybridized carbons (Fsp3) is 0.947. The zero-order valence-corrected chi connectivity index (χ0v) is 13.7. The molecule has 0 heterocycles. The minimum absolute atomic E-state index is 0.0477. The molecule has 0 spiro atoms. The molecule has 0 bridgehead atoms. The van der Waals surface area contributed by atoms with E-state index < -0.39 is 0 Å². The molecule has 0 aliphatic heterocycles. The highest BCUT2D eigenvalue weighted by Gasteiger charge is 2.59. The Morgan fingerprint density at radius 1 is 0.952 bits per heavy atom. The SMILES string of the molecule is CC12CCC3C(CCC4CC(=N)CCC43C)C1CCC2O. The molecule has 2 N–H and O–H groups in total. The number of hydrogen-bond acceptors (Lipinski definition) is 2. The van der Waals surface area contributed by atoms with E-state index in [4.69, 9.17) is 5.41 Å². The summed E-state index contributed by atoms with van der Waals surface area (Å²) in [7, 11) is 0. The highest BCUT2D eigenvalue weighted by Crippen LogP contribution is 2.65. The normalized spacial score (nSPS) is 56.5. The van der Waals surface area contributed by atoms with E-state index in [9.17, 15) is 5.11 Å². The largest absolute Gasteiger partial charge is 0.393 e. The first-order valence-electron chi connectivity index (χ1n) is 9.19. The lowest BCUT2D eigenvalue weighted by atomic mass is 9.45. The monoisotopic (exact) mass is 289 g/mol. The predicted octanol–water partition coefficient (Wildman–Crippen LogP) is 4.41. The van der Waals surface area contributed by atoms with E-state index in [1.165, 1.54) is 38.5 Å². The Kier molecular flexibility index (Phi) is 3.10. The highest BCUT2D eigenvalue weighted by atomic mass is 16.3. The molecule has 4 aliphatic rings. The van der Waals surface area contributed by atoms with Gasteiger partial charge in [0.05, 0.1) is 6.10 Å². The quantitative estimate of drug-likeness (QED) is 0.681. The van der Waals surface area contributed by atoms with Crippen molar-refractivity contribution < 1.29 is 5.11 Å². The van der Waals surface area contributed by atoms with Gasteiger partial charge in [-0.3, -0.25) is 0 Å². The number of aliphatic hydroxyl groups excluding tert-OH is 1. The van der Waals surface area contributed by atoms with Crippen LogP contribution in [0, 0.1) is 39.9 Å². The van der Waals surface area contributed by atoms with E-state index >= 15 is 0 Å². The minimum Gasteiger partial charge on any atom is -0.393 e. The third-order valence-corrected chi connectivity index (χ3v) is 8.47. The first-order valence-corrected chi connectivity index (χ1v) is 9.19. The van der Waals surface area contributed by atoms with Gasteiger partial charge in [0.2, 0.25) is 0 Å². The van der Waals surface area contributed by atoms with Crippen LogP contribution in [0.5, 0.6) is 0 Å². The second-order valence-electron chi connectivity index (χ2n) is 9.10. The molecule has 7 atom stereocenters. The Bertz CT molecular complexity index is 460. The molecule has 4 saturated carbocycles. The third kappa shape index (κ3) is 1.84. The molecule has 0 aromatic heterocycles. The maximum Gasteiger partial charge on any atom is 0.0596 e. The van der Waals surface area contributed by atoms with Gasteiger partial charge in [0.15, 0.2) is 0 Å². The van der Waals surface area contributed by atoms with Crippen LogP contribution in [0.25, 0.3) is 0 Å². The average molecular weight is 289 g/mol. The van der Waals surface area contributed by atoms with Gasteiger partial charge in [-0.25, -0.2) is 0 Å². The Morgan fingerprint density at radius 2 is 1.71 bits per heavy atom. The summed E-state index contributed by atoms with van der Waals surface area (Å²) in [6.45, 7) is 4.92. The number of hydrogen-bond donors (Lipinski definition) is 2. The highest BCUT2D eigenvalue weighted by molar-refractivity contribution is 5.82. The fourth-order valence-electron chi connectivity index (χ4n) is 7.05. The predicted molar refractivity (Wildman–Crippen MR) is 85.5 cm³/mol. The molecule has 0 radical (unpaired) electrons. The molecule has 21 heavy (non-hydrogen) atoms. The molecular weight excluding hydrogens is 258 g/mol. The van der Waals surface area contributed by atoms with Gasteiger partial charge in [-0.1, -0.05) is 13.8 Å². The summed E-state index contributed by atoms with van der Waals surface area (Å²) >= 11 is 0. The van der Waals surface area contributed by atoms with Gasteiger partial charge in [0.1, 0.15) is 0 Å². The Balaban J connectivity index is 1.64. The van der Waals surface area contributed by atoms with Crippen molar-refractivity contribution in [3.63, 3.8) is 0 Å². The molecule has 2 nitrogen and oxygen atoms in total. The van der Waals surface area contributed by atoms with Gasteiger partial charge >= 0.3 is 0 Å². The average Bonchev–Trinajstić information content (AvgIpc) is 2.76. The summed E-state index contributed by atoms with van der Waals surface area (Å²) in [5, 5.41) is 18.5. The zero-order valence-electron chi connectivity index (χ0n) is 13.7. The smallest absolute Gasteiger partial charge is 0.0596 e. The second-order valence-corrected chi connectivity index (χ2v) is 9.10. The lowest BCUT2D eigenvalue weighted by molar-refractivity contribution is -0.112. The number of rotatable bonds is 0. The van der Waals surface area contributed by atoms with E-state index in [2.05, 4.69) is 13.8 Å². The van der Waals surface area contributed by atoms with Gasteiger partial charge in [-0.05, 0) is 92.3 Å². The van der Waals surface area contributed by atoms with E-state index in [0.29, 0.717) is 5.41 Å². The van der Waals surface area contributed by atoms with E-state index in [1.807, 2.05) is 0 Å². The topological polar surface area (TPSA) is 44.1 Å². The fourth-order valence-corrected chi connectivity index (χ4v) is 7.05. The standard InChI is InChI=1S/C19H31NO/c1-18-9-7-13(20)11-12(18)3-4-14-15-5-6-17(21)19(15,2)10-8-16(14)18/h12,14-17,20-21H,3-11H2,1-2H3. The molecule has 0 aromatic rings. The minimum atomic E-state index is -0.0477. The number of nitrogens with one attached hydrogen (secondary N) is 1. The molecule has 0 aromatic carbocycles. The van der Waals surface area contributed by atoms with Crippen molar-refractivity contribution in [3.05, 3.63) is 0 Å². The summed E-state index contributed by atoms with van der Waals surface area (Å²) in [4.78, 5) is 0. The van der Waals surface area contributed by atoms with Crippen molar-refractivity contribution in [1.29, 1.82) is 5.41 Å². The molecule has 7 unspecified atom stereocenters. The number of aliphatic hydroxyl groups is 1. The van der Waals surface area contributed by atoms with Crippen LogP contribution >= 0.6 is 0 Å². The molecule has 2 heteroatoms. The second kappa shape index (κ2) is 4.57. The lowest BCUT2D eigenvalue weighted by Gasteiger charge is -2.60. The summed E-state index contributed by atoms with van der Waals surface area (Å²) in [6.07, 6.45) is 10.9. The van der Waals surface area contributed by atoms with E-state index in [-0.39, 0.29) is 11.5 Å². The molecule has 4 aliphatic carbocycles. The van der Waals surface area contributed by atoms with Crippen LogP contribution in [0.2, 0.25) is 0 Å². The molecule has 0 amide bonds. The van der Waals surface area contributed by atoms with Crippen LogP contribution < -0.4 is 0 Å². The molecular formula is C19H31NO. The van der Waals surface area contributed by atoms with Crippen molar-refractivity contribution in [2.45, 2.75) is 77.7 Å². The number of fused-ring (bicyclic) bond motifs is 5. The first-order chi connectivity index (χ1) is 9.95. The summed E-state index contributed by atoms with van der Waals surface area (Å²) in [5.74, 6) is 3.27.